The van der Waals surface area contributed by atoms with Gasteiger partial charge in [-0.15, -0.1) is 0 Å². The van der Waals surface area contributed by atoms with Crippen LogP contribution < -0.4 is 14.9 Å². The molecule has 6 rings (SSSR count). The minimum absolute atomic E-state index is 0.0396. The van der Waals surface area contributed by atoms with E-state index in [9.17, 15) is 61.0 Å². The summed E-state index contributed by atoms with van der Waals surface area (Å²) in [6, 6.07) is 5.75. The number of hydrogen-bond donors (Lipinski definition) is 11. The lowest BCUT2D eigenvalue weighted by Crippen LogP contribution is -2.63. The molecule has 4 heterocycles. The molecule has 298 valence electrons. The highest BCUT2D eigenvalue weighted by Crippen LogP contribution is 2.40. The molecule has 1 aromatic heterocycles. The second kappa shape index (κ2) is 15.7. The van der Waals surface area contributed by atoms with Crippen molar-refractivity contribution >= 4 is 11.0 Å². The first-order valence-corrected chi connectivity index (χ1v) is 16.8. The van der Waals surface area contributed by atoms with Crippen molar-refractivity contribution in [1.82, 2.24) is 0 Å². The van der Waals surface area contributed by atoms with Crippen molar-refractivity contribution in [2.24, 2.45) is 0 Å². The summed E-state index contributed by atoms with van der Waals surface area (Å²) in [5, 5.41) is 115. The first-order chi connectivity index (χ1) is 25.5. The van der Waals surface area contributed by atoms with Crippen molar-refractivity contribution in [3.63, 3.8) is 0 Å². The summed E-state index contributed by atoms with van der Waals surface area (Å²) in [4.78, 5) is 13.8. The second-order valence-corrected chi connectivity index (χ2v) is 13.3. The summed E-state index contributed by atoms with van der Waals surface area (Å²) in [5.41, 5.74) is -1.20. The molecule has 2 aromatic carbocycles. The van der Waals surface area contributed by atoms with Crippen LogP contribution in [0.5, 0.6) is 28.7 Å². The van der Waals surface area contributed by atoms with Crippen molar-refractivity contribution in [2.75, 3.05) is 13.7 Å². The molecule has 0 amide bonds. The van der Waals surface area contributed by atoms with E-state index in [0.29, 0.717) is 0 Å². The Balaban J connectivity index is 1.21. The standard InChI is InChI=1S/C34H42O20/c1-10-20(38)23(41)26(44)33(49-10)53-29-11(2)50-32(28(46)25(29)43)48-9-18-21(39)24(42)27(45)34(52-18)54-31-22(40)19-15(37)7-13(35)8-17(19)51-30(31)12-4-5-14(36)16(6-12)47-3/h4-8,10-11,18,20-21,23-29,32-39,41-46H,9H2,1-3H3/t10-,11-,18+,20+,21+,23+,24-,25-,26+,27+,28+,29-,32+,33-,34-/m0/s1. The van der Waals surface area contributed by atoms with E-state index >= 15 is 0 Å². The van der Waals surface area contributed by atoms with Crippen LogP contribution in [0.1, 0.15) is 13.8 Å². The van der Waals surface area contributed by atoms with Crippen molar-refractivity contribution in [3.05, 3.63) is 40.6 Å². The highest BCUT2D eigenvalue weighted by atomic mass is 16.7. The molecule has 3 fully saturated rings. The lowest BCUT2D eigenvalue weighted by Gasteiger charge is -2.46. The van der Waals surface area contributed by atoms with E-state index in [1.54, 1.807) is 0 Å². The Kier molecular flexibility index (Phi) is 11.6. The van der Waals surface area contributed by atoms with Crippen LogP contribution in [0.15, 0.2) is 39.5 Å². The first kappa shape index (κ1) is 39.8. The predicted molar refractivity (Wildman–Crippen MR) is 176 cm³/mol. The van der Waals surface area contributed by atoms with Crippen LogP contribution in [0, 0.1) is 0 Å². The van der Waals surface area contributed by atoms with Gasteiger partial charge in [-0.25, -0.2) is 0 Å². The number of methoxy groups -OCH3 is 1. The number of aromatic hydroxyl groups is 3. The zero-order valence-electron chi connectivity index (χ0n) is 28.8. The van der Waals surface area contributed by atoms with Crippen LogP contribution in [-0.4, -0.2) is 162 Å². The number of rotatable bonds is 9. The van der Waals surface area contributed by atoms with Crippen molar-refractivity contribution in [1.29, 1.82) is 0 Å². The summed E-state index contributed by atoms with van der Waals surface area (Å²) < 4.78 is 44.9. The van der Waals surface area contributed by atoms with Gasteiger partial charge in [-0.05, 0) is 32.0 Å². The molecule has 3 saturated heterocycles. The first-order valence-electron chi connectivity index (χ1n) is 16.8. The van der Waals surface area contributed by atoms with Gasteiger partial charge in [0.25, 0.3) is 0 Å². The predicted octanol–water partition coefficient (Wildman–Crippen LogP) is -2.53. The SMILES string of the molecule is COc1cc(-c2oc3cc(O)cc(O)c3c(=O)c2O[C@@H]2O[C@H](CO[C@@H]3O[C@@H](C)[C@H](O[C@@H]4O[C@@H](C)[C@@H](O)[C@@H](O)[C@H]4O)[C@@H](O)[C@H]3O)[C@@H](O)[C@H](O)[C@H]2O)ccc1O. The fourth-order valence-corrected chi connectivity index (χ4v) is 6.45. The maximum Gasteiger partial charge on any atom is 0.239 e. The number of fused-ring (bicyclic) bond motifs is 1. The molecule has 0 unspecified atom stereocenters. The van der Waals surface area contributed by atoms with Crippen LogP contribution in [0.3, 0.4) is 0 Å². The monoisotopic (exact) mass is 770 g/mol. The average molecular weight is 771 g/mol. The minimum Gasteiger partial charge on any atom is -0.508 e. The number of phenolic OH excluding ortho intramolecular Hbond substituents is 3. The lowest BCUT2D eigenvalue weighted by atomic mass is 9.97. The molecule has 15 atom stereocenters. The molecule has 0 spiro atoms. The van der Waals surface area contributed by atoms with E-state index in [1.807, 2.05) is 0 Å². The third kappa shape index (κ3) is 7.41. The van der Waals surface area contributed by atoms with Gasteiger partial charge < -0.3 is 93.7 Å². The fraction of sp³-hybridized carbons (Fsp3) is 0.559. The Labute approximate surface area is 305 Å². The maximum absolute atomic E-state index is 13.8. The van der Waals surface area contributed by atoms with Crippen LogP contribution >= 0.6 is 0 Å². The Bertz CT molecular complexity index is 1850. The molecule has 3 aromatic rings. The number of aliphatic hydroxyl groups excluding tert-OH is 8. The van der Waals surface area contributed by atoms with Gasteiger partial charge in [0.05, 0.1) is 25.9 Å². The average Bonchev–Trinajstić information content (AvgIpc) is 3.13. The molecule has 3 aliphatic heterocycles. The Morgan fingerprint density at radius 3 is 2.04 bits per heavy atom. The second-order valence-electron chi connectivity index (χ2n) is 13.3. The van der Waals surface area contributed by atoms with Gasteiger partial charge in [0.2, 0.25) is 17.5 Å². The summed E-state index contributed by atoms with van der Waals surface area (Å²) >= 11 is 0. The maximum atomic E-state index is 13.8. The zero-order valence-corrected chi connectivity index (χ0v) is 28.8. The topological polar surface area (TPSA) is 317 Å². The normalized spacial score (nSPS) is 37.3. The minimum atomic E-state index is -2.00. The van der Waals surface area contributed by atoms with Crippen molar-refractivity contribution in [2.45, 2.75) is 106 Å². The molecule has 3 aliphatic rings. The van der Waals surface area contributed by atoms with Crippen LogP contribution in [-0.2, 0) is 23.7 Å². The number of aliphatic hydroxyl groups is 8. The van der Waals surface area contributed by atoms with Gasteiger partial charge in [0.15, 0.2) is 29.8 Å². The van der Waals surface area contributed by atoms with E-state index in [4.69, 9.17) is 37.6 Å². The Hall–Kier alpha value is -3.87. The third-order valence-corrected chi connectivity index (χ3v) is 9.56. The molecule has 20 nitrogen and oxygen atoms in total. The van der Waals surface area contributed by atoms with Crippen LogP contribution in [0.2, 0.25) is 0 Å². The number of ether oxygens (including phenoxy) is 7. The van der Waals surface area contributed by atoms with Gasteiger partial charge in [-0.3, -0.25) is 4.79 Å². The molecule has 20 heteroatoms. The fourth-order valence-electron chi connectivity index (χ4n) is 6.45. The van der Waals surface area contributed by atoms with Crippen LogP contribution in [0.25, 0.3) is 22.3 Å². The molecular formula is C34H42O20. The molecular weight excluding hydrogens is 728 g/mol. The Morgan fingerprint density at radius 2 is 1.33 bits per heavy atom. The van der Waals surface area contributed by atoms with E-state index in [0.717, 1.165) is 12.1 Å². The summed E-state index contributed by atoms with van der Waals surface area (Å²) in [6.45, 7) is 2.20. The highest BCUT2D eigenvalue weighted by molar-refractivity contribution is 5.88. The van der Waals surface area contributed by atoms with E-state index in [1.165, 1.54) is 39.2 Å². The molecule has 0 saturated carbocycles. The molecule has 0 bridgehead atoms. The molecule has 11 N–H and O–H groups in total. The van der Waals surface area contributed by atoms with Gasteiger partial charge >= 0.3 is 0 Å². The zero-order chi connectivity index (χ0) is 39.3. The van der Waals surface area contributed by atoms with E-state index in [-0.39, 0.29) is 28.4 Å². The number of phenols is 3. The van der Waals surface area contributed by atoms with Gasteiger partial charge in [0.1, 0.15) is 83.5 Å². The molecule has 0 radical (unpaired) electrons. The Morgan fingerprint density at radius 1 is 0.685 bits per heavy atom. The van der Waals surface area contributed by atoms with Gasteiger partial charge in [-0.1, -0.05) is 0 Å². The van der Waals surface area contributed by atoms with Crippen LogP contribution in [0.4, 0.5) is 0 Å². The highest BCUT2D eigenvalue weighted by Gasteiger charge is 2.51. The number of hydrogen-bond acceptors (Lipinski definition) is 20. The summed E-state index contributed by atoms with van der Waals surface area (Å²) in [5.74, 6) is -2.44. The number of benzene rings is 2. The molecule has 0 aliphatic carbocycles. The van der Waals surface area contributed by atoms with Gasteiger partial charge in [0, 0.05) is 17.7 Å². The summed E-state index contributed by atoms with van der Waals surface area (Å²) in [7, 11) is 1.27. The van der Waals surface area contributed by atoms with Gasteiger partial charge in [-0.2, -0.15) is 0 Å². The quantitative estimate of drug-likeness (QED) is 0.107. The van der Waals surface area contributed by atoms with E-state index < -0.39 is 127 Å². The third-order valence-electron chi connectivity index (χ3n) is 9.56. The summed E-state index contributed by atoms with van der Waals surface area (Å²) in [6.07, 6.45) is -24.0. The van der Waals surface area contributed by atoms with E-state index in [2.05, 4.69) is 0 Å². The molecule has 54 heavy (non-hydrogen) atoms. The van der Waals surface area contributed by atoms with Crippen molar-refractivity contribution < 1.29 is 93.7 Å². The smallest absolute Gasteiger partial charge is 0.239 e. The lowest BCUT2D eigenvalue weighted by molar-refractivity contribution is -0.357. The largest absolute Gasteiger partial charge is 0.508 e. The van der Waals surface area contributed by atoms with Crippen molar-refractivity contribution in [3.8, 4) is 40.1 Å².